The van der Waals surface area contributed by atoms with Gasteiger partial charge in [0.25, 0.3) is 0 Å². The monoisotopic (exact) mass is 290 g/mol. The zero-order chi connectivity index (χ0) is 14.8. The van der Waals surface area contributed by atoms with Crippen LogP contribution in [-0.4, -0.2) is 49.4 Å². The molecule has 0 bridgehead atoms. The van der Waals surface area contributed by atoms with E-state index in [2.05, 4.69) is 37.9 Å². The van der Waals surface area contributed by atoms with Crippen molar-refractivity contribution < 1.29 is 9.47 Å². The van der Waals surface area contributed by atoms with E-state index >= 15 is 0 Å². The van der Waals surface area contributed by atoms with Crippen LogP contribution in [0.25, 0.3) is 0 Å². The lowest BCUT2D eigenvalue weighted by Gasteiger charge is -2.35. The molecule has 2 saturated heterocycles. The number of aromatic nitrogens is 1. The third-order valence-corrected chi connectivity index (χ3v) is 4.63. The first-order valence-corrected chi connectivity index (χ1v) is 8.00. The van der Waals surface area contributed by atoms with Gasteiger partial charge in [-0.25, -0.2) is 0 Å². The van der Waals surface area contributed by atoms with E-state index in [4.69, 9.17) is 14.5 Å². The van der Waals surface area contributed by atoms with Gasteiger partial charge in [-0.15, -0.1) is 0 Å². The van der Waals surface area contributed by atoms with Crippen LogP contribution in [0.5, 0.6) is 0 Å². The Hall–Kier alpha value is -0.970. The Morgan fingerprint density at radius 1 is 1.24 bits per heavy atom. The van der Waals surface area contributed by atoms with Crippen molar-refractivity contribution in [1.29, 1.82) is 0 Å². The van der Waals surface area contributed by atoms with Crippen molar-refractivity contribution >= 4 is 0 Å². The third kappa shape index (κ3) is 3.28. The largest absolute Gasteiger partial charge is 0.381 e. The van der Waals surface area contributed by atoms with E-state index in [0.717, 1.165) is 39.4 Å². The smallest absolute Gasteiger partial charge is 0.0645 e. The van der Waals surface area contributed by atoms with Crippen LogP contribution in [0.15, 0.2) is 12.1 Å². The summed E-state index contributed by atoms with van der Waals surface area (Å²) in [6.45, 7) is 8.72. The second kappa shape index (κ2) is 6.42. The zero-order valence-electron chi connectivity index (χ0n) is 13.3. The third-order valence-electron chi connectivity index (χ3n) is 4.63. The van der Waals surface area contributed by atoms with Crippen molar-refractivity contribution in [2.24, 2.45) is 0 Å². The minimum atomic E-state index is 0.468. The second-order valence-corrected chi connectivity index (χ2v) is 6.59. The minimum absolute atomic E-state index is 0.468. The van der Waals surface area contributed by atoms with Gasteiger partial charge in [-0.05, 0) is 31.0 Å². The summed E-state index contributed by atoms with van der Waals surface area (Å²) < 4.78 is 10.9. The fraction of sp³-hybridized carbons (Fsp3) is 0.706. The van der Waals surface area contributed by atoms with Crippen LogP contribution in [0.2, 0.25) is 0 Å². The standard InChI is InChI=1S/C17H26N2O2/c1-12(2)16-5-4-15(13-6-7-20-9-13)17(18-16)8-19(3)14-10-21-11-14/h4-5,12-14H,6-11H2,1-3H3/t13-/m0/s1. The lowest BCUT2D eigenvalue weighted by Crippen LogP contribution is -2.46. The summed E-state index contributed by atoms with van der Waals surface area (Å²) in [5.74, 6) is 0.981. The Kier molecular flexibility index (Phi) is 4.57. The summed E-state index contributed by atoms with van der Waals surface area (Å²) in [6, 6.07) is 5.01. The van der Waals surface area contributed by atoms with Gasteiger partial charge < -0.3 is 9.47 Å². The molecular formula is C17H26N2O2. The first-order chi connectivity index (χ1) is 10.1. The Morgan fingerprint density at radius 2 is 2.05 bits per heavy atom. The molecule has 3 heterocycles. The maximum Gasteiger partial charge on any atom is 0.0645 e. The molecule has 1 atom stereocenters. The molecule has 0 saturated carbocycles. The van der Waals surface area contributed by atoms with Gasteiger partial charge >= 0.3 is 0 Å². The molecule has 0 aromatic carbocycles. The highest BCUT2D eigenvalue weighted by Gasteiger charge is 2.26. The Balaban J connectivity index is 1.83. The quantitative estimate of drug-likeness (QED) is 0.834. The molecule has 0 radical (unpaired) electrons. The van der Waals surface area contributed by atoms with Gasteiger partial charge in [0.2, 0.25) is 0 Å². The summed E-state index contributed by atoms with van der Waals surface area (Å²) in [7, 11) is 2.17. The number of likely N-dealkylation sites (N-methyl/N-ethyl adjacent to an activating group) is 1. The van der Waals surface area contributed by atoms with Crippen LogP contribution in [0.3, 0.4) is 0 Å². The summed E-state index contributed by atoms with van der Waals surface area (Å²) in [5.41, 5.74) is 3.79. The number of hydrogen-bond acceptors (Lipinski definition) is 4. The molecule has 2 aliphatic heterocycles. The second-order valence-electron chi connectivity index (χ2n) is 6.59. The summed E-state index contributed by atoms with van der Waals surface area (Å²) in [5, 5.41) is 0. The maximum atomic E-state index is 5.57. The van der Waals surface area contributed by atoms with Crippen molar-refractivity contribution in [2.45, 2.75) is 44.7 Å². The first kappa shape index (κ1) is 14.9. The highest BCUT2D eigenvalue weighted by atomic mass is 16.5. The lowest BCUT2D eigenvalue weighted by atomic mass is 9.95. The Labute approximate surface area is 127 Å². The molecule has 4 nitrogen and oxygen atoms in total. The van der Waals surface area contributed by atoms with Gasteiger partial charge in [-0.3, -0.25) is 9.88 Å². The zero-order valence-corrected chi connectivity index (χ0v) is 13.3. The van der Waals surface area contributed by atoms with Crippen LogP contribution in [-0.2, 0) is 16.0 Å². The van der Waals surface area contributed by atoms with Gasteiger partial charge in [0.1, 0.15) is 0 Å². The molecule has 1 aromatic rings. The molecule has 0 unspecified atom stereocenters. The van der Waals surface area contributed by atoms with Crippen molar-refractivity contribution in [3.05, 3.63) is 29.1 Å². The summed E-state index contributed by atoms with van der Waals surface area (Å²) in [4.78, 5) is 7.33. The molecule has 2 aliphatic rings. The maximum absolute atomic E-state index is 5.57. The molecule has 2 fully saturated rings. The topological polar surface area (TPSA) is 34.6 Å². The van der Waals surface area contributed by atoms with Crippen molar-refractivity contribution in [1.82, 2.24) is 9.88 Å². The predicted octanol–water partition coefficient (Wildman–Crippen LogP) is 2.54. The SMILES string of the molecule is CC(C)c1ccc([C@H]2CCOC2)c(CN(C)C2COC2)n1. The minimum Gasteiger partial charge on any atom is -0.381 e. The van der Waals surface area contributed by atoms with Gasteiger partial charge in [0.05, 0.1) is 31.6 Å². The van der Waals surface area contributed by atoms with Crippen LogP contribution >= 0.6 is 0 Å². The number of ether oxygens (including phenoxy) is 2. The van der Waals surface area contributed by atoms with Gasteiger partial charge in [-0.1, -0.05) is 19.9 Å². The van der Waals surface area contributed by atoms with Crippen molar-refractivity contribution in [3.63, 3.8) is 0 Å². The average Bonchev–Trinajstić information content (AvgIpc) is 2.90. The summed E-state index contributed by atoms with van der Waals surface area (Å²) in [6.07, 6.45) is 1.12. The van der Waals surface area contributed by atoms with Crippen LogP contribution in [0.4, 0.5) is 0 Å². The molecule has 0 N–H and O–H groups in total. The normalized spacial score (nSPS) is 23.0. The molecule has 4 heteroatoms. The fourth-order valence-electron chi connectivity index (χ4n) is 2.97. The van der Waals surface area contributed by atoms with E-state index in [-0.39, 0.29) is 0 Å². The van der Waals surface area contributed by atoms with Crippen molar-refractivity contribution in [3.8, 4) is 0 Å². The van der Waals surface area contributed by atoms with Crippen LogP contribution < -0.4 is 0 Å². The molecule has 0 aliphatic carbocycles. The number of pyridine rings is 1. The van der Waals surface area contributed by atoms with E-state index in [1.54, 1.807) is 0 Å². The molecule has 0 spiro atoms. The van der Waals surface area contributed by atoms with Gasteiger partial charge in [-0.2, -0.15) is 0 Å². The van der Waals surface area contributed by atoms with Crippen LogP contribution in [0.1, 0.15) is 49.1 Å². The molecular weight excluding hydrogens is 264 g/mol. The number of nitrogens with zero attached hydrogens (tertiary/aromatic N) is 2. The molecule has 1 aromatic heterocycles. The summed E-state index contributed by atoms with van der Waals surface area (Å²) >= 11 is 0. The highest BCUT2D eigenvalue weighted by molar-refractivity contribution is 5.29. The number of hydrogen-bond donors (Lipinski definition) is 0. The van der Waals surface area contributed by atoms with Crippen LogP contribution in [0, 0.1) is 0 Å². The van der Waals surface area contributed by atoms with Gasteiger partial charge in [0.15, 0.2) is 0 Å². The highest BCUT2D eigenvalue weighted by Crippen LogP contribution is 2.29. The molecule has 116 valence electrons. The van der Waals surface area contributed by atoms with Crippen molar-refractivity contribution in [2.75, 3.05) is 33.5 Å². The molecule has 0 amide bonds. The van der Waals surface area contributed by atoms with E-state index in [1.807, 2.05) is 0 Å². The van der Waals surface area contributed by atoms with E-state index in [9.17, 15) is 0 Å². The predicted molar refractivity (Wildman–Crippen MR) is 82.6 cm³/mol. The Morgan fingerprint density at radius 3 is 2.62 bits per heavy atom. The molecule has 3 rings (SSSR count). The fourth-order valence-corrected chi connectivity index (χ4v) is 2.97. The lowest BCUT2D eigenvalue weighted by molar-refractivity contribution is -0.0590. The first-order valence-electron chi connectivity index (χ1n) is 8.00. The van der Waals surface area contributed by atoms with E-state index < -0.39 is 0 Å². The van der Waals surface area contributed by atoms with E-state index in [0.29, 0.717) is 17.9 Å². The van der Waals surface area contributed by atoms with E-state index in [1.165, 1.54) is 17.0 Å². The average molecular weight is 290 g/mol. The van der Waals surface area contributed by atoms with Gasteiger partial charge in [0, 0.05) is 24.8 Å². The Bertz CT molecular complexity index is 480. The molecule has 21 heavy (non-hydrogen) atoms. The number of rotatable bonds is 5.